The number of rotatable bonds is 9. The van der Waals surface area contributed by atoms with Crippen molar-refractivity contribution >= 4 is 45.5 Å². The number of aryl methyl sites for hydroxylation is 1. The lowest BCUT2D eigenvalue weighted by molar-refractivity contribution is -0.127. The Labute approximate surface area is 227 Å². The molecule has 1 saturated heterocycles. The van der Waals surface area contributed by atoms with Gasteiger partial charge in [0.2, 0.25) is 5.91 Å². The highest BCUT2D eigenvalue weighted by Gasteiger charge is 2.35. The Morgan fingerprint density at radius 1 is 1.08 bits per heavy atom. The number of nitrogens with zero attached hydrogens (tertiary/aromatic N) is 1. The number of anilines is 1. The van der Waals surface area contributed by atoms with E-state index >= 15 is 0 Å². The van der Waals surface area contributed by atoms with Gasteiger partial charge in [0.15, 0.2) is 11.5 Å². The molecule has 1 heterocycles. The number of nitrogens with one attached hydrogen (secondary N) is 2. The fourth-order valence-corrected chi connectivity index (χ4v) is 4.30. The predicted octanol–water partition coefficient (Wildman–Crippen LogP) is 5.27. The fourth-order valence-electron chi connectivity index (χ4n) is 3.86. The Kier molecular flexibility index (Phi) is 8.42. The van der Waals surface area contributed by atoms with Crippen molar-refractivity contribution in [1.29, 1.82) is 0 Å². The molecule has 0 saturated carbocycles. The van der Waals surface area contributed by atoms with Crippen LogP contribution in [-0.2, 0) is 22.6 Å². The van der Waals surface area contributed by atoms with E-state index in [4.69, 9.17) is 9.47 Å². The van der Waals surface area contributed by atoms with Gasteiger partial charge in [-0.3, -0.25) is 9.59 Å². The van der Waals surface area contributed by atoms with Crippen molar-refractivity contribution in [1.82, 2.24) is 10.2 Å². The molecule has 0 atom stereocenters. The molecule has 0 unspecified atom stereocenters. The zero-order valence-corrected chi connectivity index (χ0v) is 22.3. The number of carbonyl (C=O) groups excluding carboxylic acids is 3. The summed E-state index contributed by atoms with van der Waals surface area (Å²) in [5.74, 6) is -0.805. The normalized spacial score (nSPS) is 14.0. The first-order valence-electron chi connectivity index (χ1n) is 11.8. The summed E-state index contributed by atoms with van der Waals surface area (Å²) in [6.07, 6.45) is 2.19. The van der Waals surface area contributed by atoms with Gasteiger partial charge in [-0.15, -0.1) is 0 Å². The second-order valence-corrected chi connectivity index (χ2v) is 9.20. The smallest absolute Gasteiger partial charge is 0.329 e. The van der Waals surface area contributed by atoms with E-state index < -0.39 is 24.4 Å². The van der Waals surface area contributed by atoms with Gasteiger partial charge in [-0.25, -0.2) is 14.1 Å². The van der Waals surface area contributed by atoms with Crippen molar-refractivity contribution in [2.45, 2.75) is 20.0 Å². The summed E-state index contributed by atoms with van der Waals surface area (Å²) in [5, 5.41) is 5.27. The van der Waals surface area contributed by atoms with Crippen LogP contribution in [-0.4, -0.2) is 36.4 Å². The number of hydrogen-bond donors (Lipinski definition) is 2. The summed E-state index contributed by atoms with van der Waals surface area (Å²) in [4.78, 5) is 38.9. The second-order valence-electron chi connectivity index (χ2n) is 8.34. The number of urea groups is 1. The standard InChI is InChI=1S/C28H25BrFN3O5/c1-3-17-8-5-7-11-22(17)31-26(34)15-33-27(35)23(32-28(33)36)12-19-13-24(37-2)25(14-20(19)29)38-16-18-9-4-6-10-21(18)30/h4-14H,3,15-16H2,1-2H3,(H,31,34)(H,32,36)/b23-12+. The van der Waals surface area contributed by atoms with Crippen LogP contribution in [0, 0.1) is 5.82 Å². The third-order valence-electron chi connectivity index (χ3n) is 5.86. The molecule has 196 valence electrons. The van der Waals surface area contributed by atoms with Crippen molar-refractivity contribution in [3.05, 3.63) is 93.3 Å². The lowest BCUT2D eigenvalue weighted by atomic mass is 10.1. The Bertz CT molecular complexity index is 1430. The molecule has 0 aromatic heterocycles. The molecule has 8 nitrogen and oxygen atoms in total. The van der Waals surface area contributed by atoms with Crippen molar-refractivity contribution in [3.63, 3.8) is 0 Å². The summed E-state index contributed by atoms with van der Waals surface area (Å²) in [7, 11) is 1.45. The number of para-hydroxylation sites is 1. The molecular formula is C28H25BrFN3O5. The molecule has 0 aliphatic carbocycles. The van der Waals surface area contributed by atoms with Crippen LogP contribution >= 0.6 is 15.9 Å². The average molecular weight is 582 g/mol. The average Bonchev–Trinajstić information content (AvgIpc) is 3.16. The maximum atomic E-state index is 13.9. The van der Waals surface area contributed by atoms with Gasteiger partial charge in [0.1, 0.15) is 24.7 Å². The monoisotopic (exact) mass is 581 g/mol. The topological polar surface area (TPSA) is 97.0 Å². The summed E-state index contributed by atoms with van der Waals surface area (Å²) in [6.45, 7) is 1.52. The van der Waals surface area contributed by atoms with E-state index in [-0.39, 0.29) is 18.1 Å². The first-order valence-corrected chi connectivity index (χ1v) is 12.6. The number of amides is 4. The van der Waals surface area contributed by atoms with Gasteiger partial charge in [0.05, 0.1) is 7.11 Å². The first kappa shape index (κ1) is 26.9. The van der Waals surface area contributed by atoms with Gasteiger partial charge in [0, 0.05) is 15.7 Å². The molecule has 3 aromatic rings. The largest absolute Gasteiger partial charge is 0.493 e. The first-order chi connectivity index (χ1) is 18.3. The quantitative estimate of drug-likeness (QED) is 0.265. The van der Waals surface area contributed by atoms with E-state index in [1.165, 1.54) is 19.3 Å². The number of imide groups is 1. The molecule has 3 aromatic carbocycles. The minimum Gasteiger partial charge on any atom is -0.493 e. The minimum atomic E-state index is -0.701. The minimum absolute atomic E-state index is 0.000429. The van der Waals surface area contributed by atoms with Crippen LogP contribution in [0.1, 0.15) is 23.6 Å². The second kappa shape index (κ2) is 11.9. The molecule has 4 rings (SSSR count). The Morgan fingerprint density at radius 2 is 1.79 bits per heavy atom. The van der Waals surface area contributed by atoms with Gasteiger partial charge in [-0.1, -0.05) is 59.3 Å². The number of carbonyl (C=O) groups is 3. The van der Waals surface area contributed by atoms with Crippen molar-refractivity contribution < 1.29 is 28.2 Å². The van der Waals surface area contributed by atoms with E-state index in [1.807, 2.05) is 19.1 Å². The molecule has 1 fully saturated rings. The van der Waals surface area contributed by atoms with Crippen LogP contribution in [0.15, 0.2) is 70.8 Å². The molecule has 4 amide bonds. The molecule has 0 bridgehead atoms. The van der Waals surface area contributed by atoms with Crippen LogP contribution < -0.4 is 20.1 Å². The number of ether oxygens (including phenoxy) is 2. The zero-order valence-electron chi connectivity index (χ0n) is 20.7. The molecule has 1 aliphatic rings. The van der Waals surface area contributed by atoms with Crippen molar-refractivity contribution in [3.8, 4) is 11.5 Å². The third kappa shape index (κ3) is 6.03. The summed E-state index contributed by atoms with van der Waals surface area (Å²) >= 11 is 3.44. The fraction of sp³-hybridized carbons (Fsp3) is 0.179. The third-order valence-corrected chi connectivity index (χ3v) is 6.55. The molecule has 38 heavy (non-hydrogen) atoms. The molecule has 0 spiro atoms. The summed E-state index contributed by atoms with van der Waals surface area (Å²) in [5.41, 5.74) is 2.49. The summed E-state index contributed by atoms with van der Waals surface area (Å²) < 4.78 is 25.7. The highest BCUT2D eigenvalue weighted by Crippen LogP contribution is 2.35. The Hall–Kier alpha value is -4.18. The van der Waals surface area contributed by atoms with E-state index in [1.54, 1.807) is 42.5 Å². The lowest BCUT2D eigenvalue weighted by Crippen LogP contribution is -2.38. The van der Waals surface area contributed by atoms with Crippen LogP contribution in [0.25, 0.3) is 6.08 Å². The Balaban J connectivity index is 1.48. The molecule has 0 radical (unpaired) electrons. The highest BCUT2D eigenvalue weighted by molar-refractivity contribution is 9.10. The van der Waals surface area contributed by atoms with Crippen LogP contribution in [0.5, 0.6) is 11.5 Å². The van der Waals surface area contributed by atoms with Crippen molar-refractivity contribution in [2.75, 3.05) is 19.0 Å². The van der Waals surface area contributed by atoms with E-state index in [2.05, 4.69) is 26.6 Å². The number of methoxy groups -OCH3 is 1. The highest BCUT2D eigenvalue weighted by atomic mass is 79.9. The van der Waals surface area contributed by atoms with Crippen molar-refractivity contribution in [2.24, 2.45) is 0 Å². The maximum Gasteiger partial charge on any atom is 0.329 e. The molecule has 2 N–H and O–H groups in total. The van der Waals surface area contributed by atoms with Crippen LogP contribution in [0.4, 0.5) is 14.9 Å². The van der Waals surface area contributed by atoms with Gasteiger partial charge in [0.25, 0.3) is 5.91 Å². The van der Waals surface area contributed by atoms with E-state index in [0.29, 0.717) is 32.8 Å². The number of halogens is 2. The van der Waals surface area contributed by atoms with E-state index in [9.17, 15) is 18.8 Å². The van der Waals surface area contributed by atoms with E-state index in [0.717, 1.165) is 16.9 Å². The zero-order chi connectivity index (χ0) is 27.2. The molecular weight excluding hydrogens is 557 g/mol. The molecule has 10 heteroatoms. The predicted molar refractivity (Wildman–Crippen MR) is 144 cm³/mol. The van der Waals surface area contributed by atoms with Crippen LogP contribution in [0.2, 0.25) is 0 Å². The SMILES string of the molecule is CCc1ccccc1NC(=O)CN1C(=O)N/C(=C/c2cc(OC)c(OCc3ccccc3F)cc2Br)C1=O. The lowest BCUT2D eigenvalue weighted by Gasteiger charge is -2.14. The Morgan fingerprint density at radius 3 is 2.50 bits per heavy atom. The number of benzene rings is 3. The van der Waals surface area contributed by atoms with Gasteiger partial charge < -0.3 is 20.1 Å². The van der Waals surface area contributed by atoms with Gasteiger partial charge in [-0.2, -0.15) is 0 Å². The van der Waals surface area contributed by atoms with Crippen LogP contribution in [0.3, 0.4) is 0 Å². The van der Waals surface area contributed by atoms with Gasteiger partial charge in [-0.05, 0) is 47.9 Å². The van der Waals surface area contributed by atoms with Gasteiger partial charge >= 0.3 is 6.03 Å². The molecule has 1 aliphatic heterocycles. The maximum absolute atomic E-state index is 13.9. The number of hydrogen-bond acceptors (Lipinski definition) is 5. The summed E-state index contributed by atoms with van der Waals surface area (Å²) in [6, 6.07) is 16.2.